The van der Waals surface area contributed by atoms with Crippen LogP contribution < -0.4 is 5.32 Å². The molecule has 1 saturated carbocycles. The van der Waals surface area contributed by atoms with Gasteiger partial charge in [0.15, 0.2) is 0 Å². The van der Waals surface area contributed by atoms with Crippen molar-refractivity contribution >= 4 is 11.4 Å². The number of nitrogens with two attached hydrogens (primary N) is 1. The summed E-state index contributed by atoms with van der Waals surface area (Å²) in [5.74, 6) is 0.691. The van der Waals surface area contributed by atoms with Crippen molar-refractivity contribution in [3.05, 3.63) is 35.2 Å². The molecule has 1 spiro atoms. The second kappa shape index (κ2) is 7.16. The van der Waals surface area contributed by atoms with Gasteiger partial charge in [0.2, 0.25) is 0 Å². The number of allylic oxidation sites excluding steroid dienone is 5. The van der Waals surface area contributed by atoms with Crippen LogP contribution in [0.25, 0.3) is 0 Å². The molecule has 0 aromatic heterocycles. The lowest BCUT2D eigenvalue weighted by Crippen LogP contribution is -3.05. The zero-order valence-corrected chi connectivity index (χ0v) is 20.6. The van der Waals surface area contributed by atoms with Gasteiger partial charge in [0, 0.05) is 24.5 Å². The van der Waals surface area contributed by atoms with Gasteiger partial charge < -0.3 is 10.2 Å². The van der Waals surface area contributed by atoms with Crippen molar-refractivity contribution in [2.75, 3.05) is 0 Å². The maximum absolute atomic E-state index is 5.50. The first kappa shape index (κ1) is 20.9. The van der Waals surface area contributed by atoms with Gasteiger partial charge >= 0.3 is 0 Å². The van der Waals surface area contributed by atoms with Gasteiger partial charge in [-0.15, -0.1) is 0 Å². The molecule has 3 heterocycles. The van der Waals surface area contributed by atoms with Crippen molar-refractivity contribution < 1.29 is 5.32 Å². The normalized spacial score (nSPS) is 36.8. The maximum atomic E-state index is 5.50. The van der Waals surface area contributed by atoms with E-state index in [-0.39, 0.29) is 16.7 Å². The first-order valence-electron chi connectivity index (χ1n) is 13.2. The summed E-state index contributed by atoms with van der Waals surface area (Å²) in [6, 6.07) is 0.392. The Hall–Kier alpha value is -1.68. The molecule has 3 aliphatic heterocycles. The molecule has 4 heteroatoms. The largest absolute Gasteiger partial charge is 0.337 e. The number of rotatable bonds is 1. The monoisotopic (exact) mass is 433 g/mol. The Morgan fingerprint density at radius 2 is 1.78 bits per heavy atom. The van der Waals surface area contributed by atoms with Crippen LogP contribution in [0.15, 0.2) is 45.2 Å². The highest BCUT2D eigenvalue weighted by molar-refractivity contribution is 6.22. The summed E-state index contributed by atoms with van der Waals surface area (Å²) in [6.07, 6.45) is 21.0. The summed E-state index contributed by atoms with van der Waals surface area (Å²) < 4.78 is 0. The van der Waals surface area contributed by atoms with Crippen LogP contribution in [0.5, 0.6) is 0 Å². The number of piperidine rings is 1. The number of nitrogens with zero attached hydrogens (tertiary/aromatic N) is 3. The summed E-state index contributed by atoms with van der Waals surface area (Å²) in [4.78, 5) is 13.6. The molecule has 2 N–H and O–H groups in total. The van der Waals surface area contributed by atoms with Gasteiger partial charge in [-0.2, -0.15) is 0 Å². The fourth-order valence-corrected chi connectivity index (χ4v) is 8.13. The van der Waals surface area contributed by atoms with E-state index in [0.717, 1.165) is 18.6 Å². The van der Waals surface area contributed by atoms with E-state index in [4.69, 9.17) is 9.98 Å². The Kier molecular flexibility index (Phi) is 4.67. The molecule has 1 saturated heterocycles. The van der Waals surface area contributed by atoms with Crippen LogP contribution in [-0.4, -0.2) is 39.1 Å². The highest BCUT2D eigenvalue weighted by atomic mass is 15.4. The third kappa shape index (κ3) is 3.36. The molecular formula is C28H41N4+. The predicted molar refractivity (Wildman–Crippen MR) is 132 cm³/mol. The minimum atomic E-state index is -0.000833. The number of hydrogen-bond acceptors (Lipinski definition) is 3. The topological polar surface area (TPSA) is 44.6 Å². The second-order valence-corrected chi connectivity index (χ2v) is 12.7. The second-order valence-electron chi connectivity index (χ2n) is 12.7. The molecule has 0 unspecified atom stereocenters. The number of fused-ring (bicyclic) bond motifs is 3. The highest BCUT2D eigenvalue weighted by Gasteiger charge is 2.55. The van der Waals surface area contributed by atoms with Crippen molar-refractivity contribution in [1.29, 1.82) is 0 Å². The van der Waals surface area contributed by atoms with E-state index in [9.17, 15) is 0 Å². The van der Waals surface area contributed by atoms with Crippen LogP contribution in [0.1, 0.15) is 98.3 Å². The van der Waals surface area contributed by atoms with Crippen molar-refractivity contribution in [2.45, 2.75) is 121 Å². The van der Waals surface area contributed by atoms with Gasteiger partial charge in [-0.05, 0) is 97.3 Å². The molecule has 172 valence electrons. The quantitative estimate of drug-likeness (QED) is 0.579. The van der Waals surface area contributed by atoms with Gasteiger partial charge in [-0.25, -0.2) is 0 Å². The molecule has 0 radical (unpaired) electrons. The zero-order chi connectivity index (χ0) is 22.1. The standard InChI is InChI=1S/C28H40N4/c1-26(2)17-22(18-27(3,4)31-26)29-21-12-13-23-25(16-21)32-24-11-6-5-9-19(24)15-20-10-7-8-14-28(20,32)30-23/h12-13,16,20,22,31H,5-11,14-15,17-18H2,1-4H3/p+1/t20-,28+/m0/s1. The zero-order valence-electron chi connectivity index (χ0n) is 20.6. The van der Waals surface area contributed by atoms with Gasteiger partial charge in [0.1, 0.15) is 5.66 Å². The molecule has 0 aromatic rings. The molecule has 6 aliphatic rings. The van der Waals surface area contributed by atoms with Gasteiger partial charge in [0.25, 0.3) is 0 Å². The first-order chi connectivity index (χ1) is 15.2. The Bertz CT molecular complexity index is 959. The first-order valence-corrected chi connectivity index (χ1v) is 13.2. The third-order valence-corrected chi connectivity index (χ3v) is 8.85. The minimum absolute atomic E-state index is 0.000833. The van der Waals surface area contributed by atoms with Crippen LogP contribution in [0, 0.1) is 5.92 Å². The lowest BCUT2D eigenvalue weighted by molar-refractivity contribution is -0.787. The number of hydrogen-bond donors (Lipinski definition) is 1. The molecule has 4 nitrogen and oxygen atoms in total. The molecule has 2 fully saturated rings. The fraction of sp³-hybridized carbons (Fsp3) is 0.714. The van der Waals surface area contributed by atoms with Crippen molar-refractivity contribution in [2.24, 2.45) is 15.9 Å². The van der Waals surface area contributed by atoms with Crippen LogP contribution in [0.4, 0.5) is 0 Å². The van der Waals surface area contributed by atoms with Crippen LogP contribution in [0.2, 0.25) is 0 Å². The summed E-state index contributed by atoms with van der Waals surface area (Å²) in [5.41, 5.74) is 7.59. The molecule has 0 bridgehead atoms. The summed E-state index contributed by atoms with van der Waals surface area (Å²) in [5, 5.41) is 2.55. The van der Waals surface area contributed by atoms with E-state index < -0.39 is 0 Å². The summed E-state index contributed by atoms with van der Waals surface area (Å²) >= 11 is 0. The smallest absolute Gasteiger partial charge is 0.139 e. The van der Waals surface area contributed by atoms with E-state index in [1.54, 1.807) is 11.3 Å². The van der Waals surface area contributed by atoms with Gasteiger partial charge in [0.05, 0.1) is 34.2 Å². The highest BCUT2D eigenvalue weighted by Crippen LogP contribution is 2.55. The predicted octanol–water partition coefficient (Wildman–Crippen LogP) is 5.04. The molecule has 32 heavy (non-hydrogen) atoms. The van der Waals surface area contributed by atoms with Crippen LogP contribution in [0.3, 0.4) is 0 Å². The third-order valence-electron chi connectivity index (χ3n) is 8.85. The Morgan fingerprint density at radius 3 is 2.59 bits per heavy atom. The summed E-state index contributed by atoms with van der Waals surface area (Å²) in [6.45, 7) is 9.48. The molecular weight excluding hydrogens is 392 g/mol. The Balaban J connectivity index is 1.38. The molecule has 0 aromatic carbocycles. The fourth-order valence-electron chi connectivity index (χ4n) is 8.13. The van der Waals surface area contributed by atoms with Gasteiger partial charge in [-0.3, -0.25) is 9.98 Å². The van der Waals surface area contributed by atoms with E-state index in [2.05, 4.69) is 56.1 Å². The average molecular weight is 434 g/mol. The Labute approximate surface area is 194 Å². The minimum Gasteiger partial charge on any atom is -0.337 e. The maximum Gasteiger partial charge on any atom is 0.139 e. The van der Waals surface area contributed by atoms with Crippen LogP contribution >= 0.6 is 0 Å². The summed E-state index contributed by atoms with van der Waals surface area (Å²) in [7, 11) is 0. The molecule has 6 rings (SSSR count). The molecule has 0 amide bonds. The van der Waals surface area contributed by atoms with E-state index in [1.165, 1.54) is 69.2 Å². The van der Waals surface area contributed by atoms with Gasteiger partial charge in [-0.1, -0.05) is 12.0 Å². The average Bonchev–Trinajstić information content (AvgIpc) is 3.03. The molecule has 3 aliphatic carbocycles. The van der Waals surface area contributed by atoms with Crippen molar-refractivity contribution in [3.8, 4) is 0 Å². The Morgan fingerprint density at radius 1 is 1.00 bits per heavy atom. The molecule has 2 atom stereocenters. The van der Waals surface area contributed by atoms with Crippen LogP contribution in [-0.2, 0) is 0 Å². The van der Waals surface area contributed by atoms with E-state index in [1.807, 2.05) is 0 Å². The number of aliphatic imine (C=N–C) groups is 2. The lowest BCUT2D eigenvalue weighted by atomic mass is 9.70. The van der Waals surface area contributed by atoms with E-state index in [0.29, 0.717) is 12.0 Å². The van der Waals surface area contributed by atoms with Crippen molar-refractivity contribution in [1.82, 2.24) is 4.90 Å². The van der Waals surface area contributed by atoms with Crippen molar-refractivity contribution in [3.63, 3.8) is 0 Å². The van der Waals surface area contributed by atoms with E-state index >= 15 is 0 Å². The lowest BCUT2D eigenvalue weighted by Gasteiger charge is -2.52. The number of quaternary nitrogens is 1. The SMILES string of the molecule is CC1(C)CC(N=C2C=CC3=N[C@@]45CCCC[C@H]4CC4=C(CCCC4)N5C3=C2)CC(C)(C)[NH2+]1.